The molecule has 1 atom stereocenters. The molecule has 2 N–H and O–H groups in total. The van der Waals surface area contributed by atoms with Gasteiger partial charge in [0, 0.05) is 18.0 Å². The highest BCUT2D eigenvalue weighted by atomic mass is 16.2. The summed E-state index contributed by atoms with van der Waals surface area (Å²) in [6.07, 6.45) is 3.36. The molecule has 0 aliphatic carbocycles. The molecule has 0 bridgehead atoms. The zero-order chi connectivity index (χ0) is 17.6. The van der Waals surface area contributed by atoms with Crippen LogP contribution in [-0.4, -0.2) is 23.3 Å². The summed E-state index contributed by atoms with van der Waals surface area (Å²) >= 11 is 0. The average Bonchev–Trinajstić information content (AvgIpc) is 2.66. The second kappa shape index (κ2) is 7.57. The van der Waals surface area contributed by atoms with Crippen LogP contribution in [0.25, 0.3) is 10.8 Å². The zero-order valence-electron chi connectivity index (χ0n) is 13.9. The Hall–Kier alpha value is -3.21. The van der Waals surface area contributed by atoms with E-state index in [1.807, 2.05) is 55.5 Å². The van der Waals surface area contributed by atoms with Crippen LogP contribution in [0.2, 0.25) is 0 Å². The molecule has 0 aliphatic rings. The zero-order valence-corrected chi connectivity index (χ0v) is 13.9. The van der Waals surface area contributed by atoms with Gasteiger partial charge >= 0.3 is 0 Å². The van der Waals surface area contributed by atoms with Gasteiger partial charge in [-0.1, -0.05) is 30.3 Å². The number of carbonyl (C=O) groups excluding carboxylic acids is 2. The minimum atomic E-state index is -0.266. The number of amides is 2. The van der Waals surface area contributed by atoms with Crippen molar-refractivity contribution in [2.24, 2.45) is 0 Å². The maximum Gasteiger partial charge on any atom is 0.251 e. The fraction of sp³-hybridized carbons (Fsp3) is 0.150. The summed E-state index contributed by atoms with van der Waals surface area (Å²) in [5.74, 6) is -0.504. The van der Waals surface area contributed by atoms with Crippen molar-refractivity contribution in [1.29, 1.82) is 0 Å². The van der Waals surface area contributed by atoms with E-state index in [0.29, 0.717) is 5.56 Å². The van der Waals surface area contributed by atoms with E-state index in [4.69, 9.17) is 0 Å². The van der Waals surface area contributed by atoms with E-state index >= 15 is 0 Å². The van der Waals surface area contributed by atoms with Gasteiger partial charge in [-0.05, 0) is 47.5 Å². The van der Waals surface area contributed by atoms with E-state index in [9.17, 15) is 9.59 Å². The summed E-state index contributed by atoms with van der Waals surface area (Å²) in [5, 5.41) is 7.57. The molecule has 2 amide bonds. The van der Waals surface area contributed by atoms with E-state index < -0.39 is 0 Å². The number of carbonyl (C=O) groups is 2. The van der Waals surface area contributed by atoms with Gasteiger partial charge in [-0.3, -0.25) is 14.6 Å². The van der Waals surface area contributed by atoms with Gasteiger partial charge in [-0.25, -0.2) is 0 Å². The van der Waals surface area contributed by atoms with Gasteiger partial charge in [0.05, 0.1) is 12.6 Å². The van der Waals surface area contributed by atoms with Crippen molar-refractivity contribution in [1.82, 2.24) is 15.6 Å². The second-order valence-electron chi connectivity index (χ2n) is 5.81. The van der Waals surface area contributed by atoms with Crippen LogP contribution < -0.4 is 10.6 Å². The molecule has 0 saturated heterocycles. The van der Waals surface area contributed by atoms with Crippen molar-refractivity contribution in [3.63, 3.8) is 0 Å². The number of nitrogens with one attached hydrogen (secondary N) is 2. The van der Waals surface area contributed by atoms with Crippen molar-refractivity contribution in [3.05, 3.63) is 78.1 Å². The van der Waals surface area contributed by atoms with Crippen molar-refractivity contribution in [3.8, 4) is 0 Å². The summed E-state index contributed by atoms with van der Waals surface area (Å²) in [6, 6.07) is 16.9. The molecule has 0 saturated carbocycles. The minimum Gasteiger partial charge on any atom is -0.348 e. The molecular formula is C20H19N3O2. The molecule has 5 heteroatoms. The van der Waals surface area contributed by atoms with Crippen molar-refractivity contribution in [2.75, 3.05) is 6.54 Å². The highest BCUT2D eigenvalue weighted by molar-refractivity contribution is 6.00. The van der Waals surface area contributed by atoms with Gasteiger partial charge in [0.15, 0.2) is 0 Å². The summed E-state index contributed by atoms with van der Waals surface area (Å²) < 4.78 is 0. The molecule has 0 aliphatic heterocycles. The summed E-state index contributed by atoms with van der Waals surface area (Å²) in [6.45, 7) is 1.82. The topological polar surface area (TPSA) is 71.1 Å². The number of rotatable bonds is 5. The lowest BCUT2D eigenvalue weighted by Gasteiger charge is -2.14. The first-order valence-electron chi connectivity index (χ1n) is 8.10. The van der Waals surface area contributed by atoms with Gasteiger partial charge in [0.25, 0.3) is 5.91 Å². The largest absolute Gasteiger partial charge is 0.348 e. The SMILES string of the molecule is C[C@H](NC(=O)CNC(=O)c1ccc2ccccc2c1)c1ccncc1. The predicted octanol–water partition coefficient (Wildman–Crippen LogP) is 2.84. The quantitative estimate of drug-likeness (QED) is 0.754. The standard InChI is InChI=1S/C20H19N3O2/c1-14(15-8-10-21-11-9-15)23-19(24)13-22-20(25)18-7-6-16-4-2-3-5-17(16)12-18/h2-12,14H,13H2,1H3,(H,22,25)(H,23,24)/t14-/m0/s1. The lowest BCUT2D eigenvalue weighted by atomic mass is 10.1. The van der Waals surface area contributed by atoms with E-state index in [1.54, 1.807) is 18.5 Å². The monoisotopic (exact) mass is 333 g/mol. The first-order valence-corrected chi connectivity index (χ1v) is 8.10. The third-order valence-corrected chi connectivity index (χ3v) is 4.00. The predicted molar refractivity (Wildman–Crippen MR) is 97.1 cm³/mol. The summed E-state index contributed by atoms with van der Waals surface area (Å²) in [4.78, 5) is 28.2. The molecule has 3 aromatic rings. The highest BCUT2D eigenvalue weighted by Crippen LogP contribution is 2.15. The normalized spacial score (nSPS) is 11.7. The van der Waals surface area contributed by atoms with Crippen LogP contribution in [0.4, 0.5) is 0 Å². The molecule has 126 valence electrons. The number of hydrogen-bond acceptors (Lipinski definition) is 3. The van der Waals surface area contributed by atoms with Crippen molar-refractivity contribution < 1.29 is 9.59 Å². The third-order valence-electron chi connectivity index (χ3n) is 4.00. The van der Waals surface area contributed by atoms with E-state index in [1.165, 1.54) is 0 Å². The van der Waals surface area contributed by atoms with E-state index in [2.05, 4.69) is 15.6 Å². The molecule has 25 heavy (non-hydrogen) atoms. The minimum absolute atomic E-state index is 0.0684. The molecule has 1 aromatic heterocycles. The molecule has 0 fully saturated rings. The number of fused-ring (bicyclic) bond motifs is 1. The lowest BCUT2D eigenvalue weighted by molar-refractivity contribution is -0.120. The summed E-state index contributed by atoms with van der Waals surface area (Å²) in [5.41, 5.74) is 1.50. The molecule has 2 aromatic carbocycles. The van der Waals surface area contributed by atoms with Gasteiger partial charge in [-0.2, -0.15) is 0 Å². The fourth-order valence-electron chi connectivity index (χ4n) is 2.62. The lowest BCUT2D eigenvalue weighted by Crippen LogP contribution is -2.38. The Kier molecular flexibility index (Phi) is 5.04. The molecule has 3 rings (SSSR count). The number of aromatic nitrogens is 1. The third kappa shape index (κ3) is 4.20. The van der Waals surface area contributed by atoms with Crippen LogP contribution in [0.15, 0.2) is 67.0 Å². The molecule has 5 nitrogen and oxygen atoms in total. The van der Waals surface area contributed by atoms with E-state index in [0.717, 1.165) is 16.3 Å². The fourth-order valence-corrected chi connectivity index (χ4v) is 2.62. The smallest absolute Gasteiger partial charge is 0.251 e. The maximum absolute atomic E-state index is 12.2. The van der Waals surface area contributed by atoms with Crippen LogP contribution in [0.5, 0.6) is 0 Å². The molecule has 0 unspecified atom stereocenters. The van der Waals surface area contributed by atoms with Crippen LogP contribution in [-0.2, 0) is 4.79 Å². The Bertz CT molecular complexity index is 894. The first kappa shape index (κ1) is 16.6. The number of pyridine rings is 1. The Morgan fingerprint density at radius 2 is 1.72 bits per heavy atom. The van der Waals surface area contributed by atoms with Gasteiger partial charge in [0.2, 0.25) is 5.91 Å². The Morgan fingerprint density at radius 1 is 1.00 bits per heavy atom. The number of hydrogen-bond donors (Lipinski definition) is 2. The highest BCUT2D eigenvalue weighted by Gasteiger charge is 2.12. The van der Waals surface area contributed by atoms with Gasteiger partial charge < -0.3 is 10.6 Å². The van der Waals surface area contributed by atoms with E-state index in [-0.39, 0.29) is 24.4 Å². The van der Waals surface area contributed by atoms with Crippen LogP contribution in [0.1, 0.15) is 28.9 Å². The van der Waals surface area contributed by atoms with Gasteiger partial charge in [0.1, 0.15) is 0 Å². The second-order valence-corrected chi connectivity index (χ2v) is 5.81. The molecule has 1 heterocycles. The molecule has 0 radical (unpaired) electrons. The first-order chi connectivity index (χ1) is 12.1. The van der Waals surface area contributed by atoms with Crippen LogP contribution in [0, 0.1) is 0 Å². The van der Waals surface area contributed by atoms with Crippen LogP contribution in [0.3, 0.4) is 0 Å². The Labute approximate surface area is 146 Å². The Morgan fingerprint density at radius 3 is 2.48 bits per heavy atom. The number of nitrogens with zero attached hydrogens (tertiary/aromatic N) is 1. The Balaban J connectivity index is 1.56. The van der Waals surface area contributed by atoms with Crippen molar-refractivity contribution in [2.45, 2.75) is 13.0 Å². The molecule has 0 spiro atoms. The molecular weight excluding hydrogens is 314 g/mol. The maximum atomic E-state index is 12.2. The van der Waals surface area contributed by atoms with Crippen molar-refractivity contribution >= 4 is 22.6 Å². The average molecular weight is 333 g/mol. The number of benzene rings is 2. The summed E-state index contributed by atoms with van der Waals surface area (Å²) in [7, 11) is 0. The van der Waals surface area contributed by atoms with Gasteiger partial charge in [-0.15, -0.1) is 0 Å². The van der Waals surface area contributed by atoms with Crippen LogP contribution >= 0.6 is 0 Å².